The summed E-state index contributed by atoms with van der Waals surface area (Å²) in [6, 6.07) is 0. The van der Waals surface area contributed by atoms with E-state index in [0.29, 0.717) is 5.82 Å². The Morgan fingerprint density at radius 3 is 2.67 bits per heavy atom. The molecule has 15 heavy (non-hydrogen) atoms. The lowest BCUT2D eigenvalue weighted by Gasteiger charge is -2.30. The van der Waals surface area contributed by atoms with Crippen molar-refractivity contribution in [2.75, 3.05) is 11.1 Å². The van der Waals surface area contributed by atoms with E-state index in [1.807, 2.05) is 13.8 Å². The van der Waals surface area contributed by atoms with Gasteiger partial charge in [0.05, 0.1) is 11.6 Å². The molecular formula is C9H15ClN4O. The van der Waals surface area contributed by atoms with Gasteiger partial charge in [0.25, 0.3) is 0 Å². The Labute approximate surface area is 93.7 Å². The molecule has 1 aromatic rings. The van der Waals surface area contributed by atoms with Crippen LogP contribution < -0.4 is 11.1 Å². The summed E-state index contributed by atoms with van der Waals surface area (Å²) in [4.78, 5) is 7.71. The monoisotopic (exact) mass is 230 g/mol. The van der Waals surface area contributed by atoms with Gasteiger partial charge in [0, 0.05) is 0 Å². The molecule has 1 heterocycles. The molecule has 5 nitrogen and oxygen atoms in total. The first-order valence-electron chi connectivity index (χ1n) is 4.57. The molecule has 84 valence electrons. The molecule has 0 saturated heterocycles. The quantitative estimate of drug-likeness (QED) is 0.729. The molecule has 1 aromatic heterocycles. The highest BCUT2D eigenvalue weighted by molar-refractivity contribution is 6.35. The van der Waals surface area contributed by atoms with Gasteiger partial charge in [-0.3, -0.25) is 0 Å². The van der Waals surface area contributed by atoms with Crippen LogP contribution in [-0.4, -0.2) is 26.7 Å². The number of aliphatic hydroxyl groups is 1. The molecule has 0 amide bonds. The van der Waals surface area contributed by atoms with Crippen molar-refractivity contribution in [3.63, 3.8) is 0 Å². The van der Waals surface area contributed by atoms with E-state index in [4.69, 9.17) is 17.3 Å². The zero-order chi connectivity index (χ0) is 11.6. The first kappa shape index (κ1) is 12.0. The topological polar surface area (TPSA) is 84.1 Å². The average Bonchev–Trinajstić information content (AvgIpc) is 2.12. The molecular weight excluding hydrogens is 216 g/mol. The summed E-state index contributed by atoms with van der Waals surface area (Å²) in [5.41, 5.74) is 4.99. The van der Waals surface area contributed by atoms with Crippen LogP contribution in [0.5, 0.6) is 0 Å². The lowest BCUT2D eigenvalue weighted by Crippen LogP contribution is -2.42. The van der Waals surface area contributed by atoms with E-state index in [1.54, 1.807) is 6.92 Å². The Morgan fingerprint density at radius 2 is 2.13 bits per heavy atom. The number of hydrogen-bond donors (Lipinski definition) is 3. The van der Waals surface area contributed by atoms with Crippen LogP contribution >= 0.6 is 11.6 Å². The van der Waals surface area contributed by atoms with Gasteiger partial charge in [-0.25, -0.2) is 9.97 Å². The third-order valence-corrected chi connectivity index (χ3v) is 2.67. The van der Waals surface area contributed by atoms with Crippen LogP contribution in [0.3, 0.4) is 0 Å². The Bertz CT molecular complexity index is 354. The van der Waals surface area contributed by atoms with E-state index in [1.165, 1.54) is 6.33 Å². The van der Waals surface area contributed by atoms with Gasteiger partial charge in [-0.2, -0.15) is 0 Å². The Balaban J connectivity index is 2.95. The fraction of sp³-hybridized carbons (Fsp3) is 0.556. The summed E-state index contributed by atoms with van der Waals surface area (Å²) in [5.74, 6) is 0.644. The Kier molecular flexibility index (Phi) is 3.36. The summed E-state index contributed by atoms with van der Waals surface area (Å²) in [6.45, 7) is 5.37. The second-order valence-corrected chi connectivity index (χ2v) is 4.32. The van der Waals surface area contributed by atoms with Gasteiger partial charge >= 0.3 is 0 Å². The van der Waals surface area contributed by atoms with Crippen LogP contribution in [0.2, 0.25) is 5.02 Å². The molecule has 0 spiro atoms. The molecule has 4 N–H and O–H groups in total. The number of anilines is 2. The van der Waals surface area contributed by atoms with Crippen molar-refractivity contribution in [1.29, 1.82) is 0 Å². The van der Waals surface area contributed by atoms with Crippen LogP contribution in [0.25, 0.3) is 0 Å². The smallest absolute Gasteiger partial charge is 0.150 e. The molecule has 0 aromatic carbocycles. The molecule has 0 radical (unpaired) electrons. The number of aliphatic hydroxyl groups excluding tert-OH is 1. The number of nitrogens with zero attached hydrogens (tertiary/aromatic N) is 2. The number of hydrogen-bond acceptors (Lipinski definition) is 5. The molecule has 1 unspecified atom stereocenters. The standard InChI is InChI=1S/C9H15ClN4O/c1-5(15)9(2,3)14-8-6(10)7(11)12-4-13-8/h4-5,15H,1-3H3,(H3,11,12,13,14). The van der Waals surface area contributed by atoms with Crippen molar-refractivity contribution in [3.8, 4) is 0 Å². The third kappa shape index (κ3) is 2.70. The lowest BCUT2D eigenvalue weighted by molar-refractivity contribution is 0.133. The highest BCUT2D eigenvalue weighted by Gasteiger charge is 2.25. The normalized spacial score (nSPS) is 13.7. The molecule has 6 heteroatoms. The maximum absolute atomic E-state index is 9.52. The van der Waals surface area contributed by atoms with Gasteiger partial charge < -0.3 is 16.2 Å². The average molecular weight is 231 g/mol. The minimum absolute atomic E-state index is 0.218. The number of rotatable bonds is 3. The van der Waals surface area contributed by atoms with E-state index in [9.17, 15) is 5.11 Å². The van der Waals surface area contributed by atoms with Crippen molar-refractivity contribution in [3.05, 3.63) is 11.3 Å². The van der Waals surface area contributed by atoms with E-state index >= 15 is 0 Å². The summed E-state index contributed by atoms with van der Waals surface area (Å²) >= 11 is 5.91. The van der Waals surface area contributed by atoms with E-state index in [0.717, 1.165) is 0 Å². The second kappa shape index (κ2) is 4.20. The predicted octanol–water partition coefficient (Wildman–Crippen LogP) is 1.28. The van der Waals surface area contributed by atoms with Crippen molar-refractivity contribution in [2.24, 2.45) is 0 Å². The number of nitrogen functional groups attached to an aromatic ring is 1. The van der Waals surface area contributed by atoms with Gasteiger partial charge in [-0.15, -0.1) is 0 Å². The number of nitrogens with one attached hydrogen (secondary N) is 1. The molecule has 0 fully saturated rings. The van der Waals surface area contributed by atoms with Crippen molar-refractivity contribution in [2.45, 2.75) is 32.4 Å². The van der Waals surface area contributed by atoms with Gasteiger partial charge in [-0.1, -0.05) is 11.6 Å². The summed E-state index contributed by atoms with van der Waals surface area (Å²) in [5, 5.41) is 12.8. The van der Waals surface area contributed by atoms with E-state index in [2.05, 4.69) is 15.3 Å². The molecule has 0 bridgehead atoms. The number of nitrogens with two attached hydrogens (primary N) is 1. The summed E-state index contributed by atoms with van der Waals surface area (Å²) in [6.07, 6.45) is 0.770. The van der Waals surface area contributed by atoms with Crippen molar-refractivity contribution < 1.29 is 5.11 Å². The van der Waals surface area contributed by atoms with Crippen LogP contribution in [0.1, 0.15) is 20.8 Å². The van der Waals surface area contributed by atoms with E-state index in [-0.39, 0.29) is 10.8 Å². The zero-order valence-corrected chi connectivity index (χ0v) is 9.71. The summed E-state index contributed by atoms with van der Waals surface area (Å²) < 4.78 is 0. The van der Waals surface area contributed by atoms with E-state index < -0.39 is 11.6 Å². The maximum Gasteiger partial charge on any atom is 0.150 e. The largest absolute Gasteiger partial charge is 0.391 e. The minimum Gasteiger partial charge on any atom is -0.391 e. The van der Waals surface area contributed by atoms with Crippen LogP contribution in [0.15, 0.2) is 6.33 Å². The Hall–Kier alpha value is -1.07. The van der Waals surface area contributed by atoms with Gasteiger partial charge in [-0.05, 0) is 20.8 Å². The maximum atomic E-state index is 9.52. The molecule has 0 saturated carbocycles. The number of halogens is 1. The second-order valence-electron chi connectivity index (χ2n) is 3.94. The summed E-state index contributed by atoms with van der Waals surface area (Å²) in [7, 11) is 0. The highest BCUT2D eigenvalue weighted by Crippen LogP contribution is 2.26. The first-order valence-corrected chi connectivity index (χ1v) is 4.94. The SMILES string of the molecule is CC(O)C(C)(C)Nc1ncnc(N)c1Cl. The Morgan fingerprint density at radius 1 is 1.53 bits per heavy atom. The van der Waals surface area contributed by atoms with Gasteiger partial charge in [0.15, 0.2) is 5.82 Å². The highest BCUT2D eigenvalue weighted by atomic mass is 35.5. The van der Waals surface area contributed by atoms with Crippen LogP contribution in [0.4, 0.5) is 11.6 Å². The molecule has 0 aliphatic carbocycles. The molecule has 0 aliphatic heterocycles. The minimum atomic E-state index is -0.551. The van der Waals surface area contributed by atoms with Gasteiger partial charge in [0.1, 0.15) is 17.2 Å². The third-order valence-electron chi connectivity index (χ3n) is 2.30. The molecule has 1 atom stereocenters. The van der Waals surface area contributed by atoms with Crippen molar-refractivity contribution in [1.82, 2.24) is 9.97 Å². The van der Waals surface area contributed by atoms with Gasteiger partial charge in [0.2, 0.25) is 0 Å². The predicted molar refractivity (Wildman–Crippen MR) is 60.8 cm³/mol. The number of aromatic nitrogens is 2. The van der Waals surface area contributed by atoms with Crippen LogP contribution in [0, 0.1) is 0 Å². The van der Waals surface area contributed by atoms with Crippen molar-refractivity contribution >= 4 is 23.2 Å². The first-order chi connectivity index (χ1) is 6.84. The zero-order valence-electron chi connectivity index (χ0n) is 8.95. The lowest BCUT2D eigenvalue weighted by atomic mass is 9.99. The fourth-order valence-corrected chi connectivity index (χ4v) is 1.03. The molecule has 1 rings (SSSR count). The van der Waals surface area contributed by atoms with Crippen LogP contribution in [-0.2, 0) is 0 Å². The fourth-order valence-electron chi connectivity index (χ4n) is 0.880. The molecule has 0 aliphatic rings.